The first-order chi connectivity index (χ1) is 8.45. The minimum Gasteiger partial charge on any atom is -0.374 e. The van der Waals surface area contributed by atoms with Crippen LogP contribution >= 0.6 is 0 Å². The molecule has 2 heterocycles. The summed E-state index contributed by atoms with van der Waals surface area (Å²) in [6, 6.07) is 0.697. The first-order valence-corrected chi connectivity index (χ1v) is 7.59. The summed E-state index contributed by atoms with van der Waals surface area (Å²) in [6.07, 6.45) is 5.95. The molecule has 2 rings (SSSR count). The van der Waals surface area contributed by atoms with Gasteiger partial charge in [0, 0.05) is 31.2 Å². The highest BCUT2D eigenvalue weighted by atomic mass is 16.5. The molecule has 0 aromatic carbocycles. The van der Waals surface area contributed by atoms with Crippen LogP contribution in [0.1, 0.15) is 53.4 Å². The van der Waals surface area contributed by atoms with Crippen LogP contribution < -0.4 is 5.32 Å². The van der Waals surface area contributed by atoms with E-state index in [1.165, 1.54) is 38.8 Å². The lowest BCUT2D eigenvalue weighted by molar-refractivity contribution is 0.0488. The molecule has 0 aromatic rings. The monoisotopic (exact) mass is 254 g/mol. The van der Waals surface area contributed by atoms with Crippen LogP contribution in [0.25, 0.3) is 0 Å². The summed E-state index contributed by atoms with van der Waals surface area (Å²) in [5.74, 6) is 0. The number of nitrogens with zero attached hydrogens (tertiary/aromatic N) is 1. The van der Waals surface area contributed by atoms with Crippen molar-refractivity contribution in [2.24, 2.45) is 0 Å². The van der Waals surface area contributed by atoms with E-state index in [-0.39, 0.29) is 0 Å². The van der Waals surface area contributed by atoms with Crippen LogP contribution in [0, 0.1) is 0 Å². The molecular formula is C15H30N2O. The Balaban J connectivity index is 1.65. The smallest absolute Gasteiger partial charge is 0.0704 e. The Bertz CT molecular complexity index is 254. The van der Waals surface area contributed by atoms with E-state index < -0.39 is 0 Å². The van der Waals surface area contributed by atoms with Gasteiger partial charge in [-0.15, -0.1) is 0 Å². The van der Waals surface area contributed by atoms with E-state index in [1.807, 2.05) is 0 Å². The second-order valence-electron chi connectivity index (χ2n) is 6.99. The SMILES string of the molecule is CC1CCC(CNC2CCN(C(C)(C)C)CC2)O1. The number of piperidine rings is 1. The van der Waals surface area contributed by atoms with Gasteiger partial charge in [-0.3, -0.25) is 4.90 Å². The van der Waals surface area contributed by atoms with E-state index in [1.54, 1.807) is 0 Å². The maximum absolute atomic E-state index is 5.85. The molecule has 0 spiro atoms. The zero-order valence-electron chi connectivity index (χ0n) is 12.5. The standard InChI is InChI=1S/C15H30N2O/c1-12-5-6-14(18-12)11-16-13-7-9-17(10-8-13)15(2,3)4/h12-14,16H,5-11H2,1-4H3. The Morgan fingerprint density at radius 1 is 1.11 bits per heavy atom. The van der Waals surface area contributed by atoms with Crippen molar-refractivity contribution in [3.63, 3.8) is 0 Å². The lowest BCUT2D eigenvalue weighted by atomic mass is 9.98. The van der Waals surface area contributed by atoms with Gasteiger partial charge in [0.25, 0.3) is 0 Å². The van der Waals surface area contributed by atoms with Crippen molar-refractivity contribution in [3.8, 4) is 0 Å². The summed E-state index contributed by atoms with van der Waals surface area (Å²) in [7, 11) is 0. The van der Waals surface area contributed by atoms with Crippen molar-refractivity contribution in [2.45, 2.75) is 77.2 Å². The van der Waals surface area contributed by atoms with Gasteiger partial charge in [0.1, 0.15) is 0 Å². The Morgan fingerprint density at radius 3 is 2.28 bits per heavy atom. The molecule has 1 N–H and O–H groups in total. The first kappa shape index (κ1) is 14.3. The number of hydrogen-bond acceptors (Lipinski definition) is 3. The molecule has 106 valence electrons. The number of rotatable bonds is 3. The van der Waals surface area contributed by atoms with E-state index in [9.17, 15) is 0 Å². The Kier molecular flexibility index (Phi) is 4.68. The fourth-order valence-electron chi connectivity index (χ4n) is 3.09. The molecule has 3 nitrogen and oxygen atoms in total. The molecule has 2 saturated heterocycles. The van der Waals surface area contributed by atoms with Crippen LogP contribution in [0.5, 0.6) is 0 Å². The molecule has 0 radical (unpaired) electrons. The van der Waals surface area contributed by atoms with Crippen molar-refractivity contribution in [2.75, 3.05) is 19.6 Å². The molecule has 0 saturated carbocycles. The highest BCUT2D eigenvalue weighted by Crippen LogP contribution is 2.21. The van der Waals surface area contributed by atoms with Crippen LogP contribution in [0.2, 0.25) is 0 Å². The number of likely N-dealkylation sites (tertiary alicyclic amines) is 1. The lowest BCUT2D eigenvalue weighted by Crippen LogP contribution is -2.50. The minimum atomic E-state index is 0.328. The predicted molar refractivity (Wildman–Crippen MR) is 75.9 cm³/mol. The lowest BCUT2D eigenvalue weighted by Gasteiger charge is -2.41. The first-order valence-electron chi connectivity index (χ1n) is 7.59. The van der Waals surface area contributed by atoms with Crippen LogP contribution in [0.3, 0.4) is 0 Å². The quantitative estimate of drug-likeness (QED) is 0.837. The molecule has 0 bridgehead atoms. The second-order valence-corrected chi connectivity index (χ2v) is 6.99. The van der Waals surface area contributed by atoms with Gasteiger partial charge in [-0.2, -0.15) is 0 Å². The third kappa shape index (κ3) is 3.94. The van der Waals surface area contributed by atoms with Gasteiger partial charge in [-0.1, -0.05) is 0 Å². The average molecular weight is 254 g/mol. The molecule has 3 heteroatoms. The van der Waals surface area contributed by atoms with Crippen molar-refractivity contribution < 1.29 is 4.74 Å². The minimum absolute atomic E-state index is 0.328. The van der Waals surface area contributed by atoms with Gasteiger partial charge >= 0.3 is 0 Å². The van der Waals surface area contributed by atoms with Gasteiger partial charge in [0.2, 0.25) is 0 Å². The third-order valence-electron chi connectivity index (χ3n) is 4.40. The topological polar surface area (TPSA) is 24.5 Å². The summed E-state index contributed by atoms with van der Waals surface area (Å²) in [5.41, 5.74) is 0.328. The summed E-state index contributed by atoms with van der Waals surface area (Å²) in [4.78, 5) is 2.60. The van der Waals surface area contributed by atoms with Crippen molar-refractivity contribution in [1.29, 1.82) is 0 Å². The summed E-state index contributed by atoms with van der Waals surface area (Å²) in [5, 5.41) is 3.70. The second kappa shape index (κ2) is 5.89. The summed E-state index contributed by atoms with van der Waals surface area (Å²) in [6.45, 7) is 12.6. The average Bonchev–Trinajstić information content (AvgIpc) is 2.72. The van der Waals surface area contributed by atoms with Crippen LogP contribution in [-0.2, 0) is 4.74 Å². The molecule has 2 atom stereocenters. The van der Waals surface area contributed by atoms with Gasteiger partial charge in [-0.05, 0) is 53.4 Å². The number of ether oxygens (including phenoxy) is 1. The Labute approximate surface area is 112 Å². The highest BCUT2D eigenvalue weighted by molar-refractivity contribution is 4.85. The largest absolute Gasteiger partial charge is 0.374 e. The van der Waals surface area contributed by atoms with Crippen LogP contribution in [0.4, 0.5) is 0 Å². The molecular weight excluding hydrogens is 224 g/mol. The normalized spacial score (nSPS) is 32.0. The van der Waals surface area contributed by atoms with Gasteiger partial charge in [-0.25, -0.2) is 0 Å². The molecule has 0 amide bonds. The molecule has 2 fully saturated rings. The molecule has 0 aliphatic carbocycles. The third-order valence-corrected chi connectivity index (χ3v) is 4.40. The fourth-order valence-corrected chi connectivity index (χ4v) is 3.09. The molecule has 2 aliphatic heterocycles. The van der Waals surface area contributed by atoms with Gasteiger partial charge in [0.15, 0.2) is 0 Å². The summed E-state index contributed by atoms with van der Waals surface area (Å²) >= 11 is 0. The Morgan fingerprint density at radius 2 is 1.78 bits per heavy atom. The highest BCUT2D eigenvalue weighted by Gasteiger charge is 2.28. The number of hydrogen-bond donors (Lipinski definition) is 1. The maximum Gasteiger partial charge on any atom is 0.0704 e. The molecule has 18 heavy (non-hydrogen) atoms. The van der Waals surface area contributed by atoms with E-state index >= 15 is 0 Å². The van der Waals surface area contributed by atoms with E-state index in [2.05, 4.69) is 37.9 Å². The zero-order valence-corrected chi connectivity index (χ0v) is 12.5. The van der Waals surface area contributed by atoms with Crippen molar-refractivity contribution in [3.05, 3.63) is 0 Å². The van der Waals surface area contributed by atoms with Crippen molar-refractivity contribution in [1.82, 2.24) is 10.2 Å². The zero-order chi connectivity index (χ0) is 13.2. The molecule has 0 aromatic heterocycles. The van der Waals surface area contributed by atoms with Crippen LogP contribution in [-0.4, -0.2) is 48.3 Å². The maximum atomic E-state index is 5.85. The fraction of sp³-hybridized carbons (Fsp3) is 1.00. The van der Waals surface area contributed by atoms with E-state index in [4.69, 9.17) is 4.74 Å². The number of nitrogens with one attached hydrogen (secondary N) is 1. The molecule has 2 unspecified atom stereocenters. The van der Waals surface area contributed by atoms with Gasteiger partial charge < -0.3 is 10.1 Å². The predicted octanol–water partition coefficient (Wildman–Crippen LogP) is 2.41. The van der Waals surface area contributed by atoms with Gasteiger partial charge in [0.05, 0.1) is 12.2 Å². The molecule has 2 aliphatic rings. The Hall–Kier alpha value is -0.120. The van der Waals surface area contributed by atoms with E-state index in [0.29, 0.717) is 23.8 Å². The van der Waals surface area contributed by atoms with Crippen LogP contribution in [0.15, 0.2) is 0 Å². The van der Waals surface area contributed by atoms with E-state index in [0.717, 1.165) is 6.54 Å². The summed E-state index contributed by atoms with van der Waals surface area (Å²) < 4.78 is 5.85. The van der Waals surface area contributed by atoms with Crippen molar-refractivity contribution >= 4 is 0 Å².